The fourth-order valence-corrected chi connectivity index (χ4v) is 1.76. The second-order valence-electron chi connectivity index (χ2n) is 3.29. The Labute approximate surface area is 92.6 Å². The van der Waals surface area contributed by atoms with Gasteiger partial charge in [0.1, 0.15) is 6.42 Å². The first-order valence-corrected chi connectivity index (χ1v) is 6.25. The zero-order valence-electron chi connectivity index (χ0n) is 8.50. The van der Waals surface area contributed by atoms with E-state index in [2.05, 4.69) is 0 Å². The van der Waals surface area contributed by atoms with Crippen molar-refractivity contribution in [1.29, 1.82) is 0 Å². The van der Waals surface area contributed by atoms with Crippen LogP contribution in [0.15, 0.2) is 29.2 Å². The molecule has 0 aliphatic heterocycles. The van der Waals surface area contributed by atoms with Crippen LogP contribution in [0.5, 0.6) is 0 Å². The van der Waals surface area contributed by atoms with Crippen LogP contribution in [-0.4, -0.2) is 31.5 Å². The molecule has 0 spiro atoms. The lowest BCUT2D eigenvalue weighted by molar-refractivity contribution is -0.135. The predicted octanol–water partition coefficient (Wildman–Crippen LogP) is 0.748. The van der Waals surface area contributed by atoms with E-state index in [1.54, 1.807) is 0 Å². The standard InChI is InChI=1S/C10H10O5S/c1-16(14,15)8-4-2-7(3-5-8)9(11)6-10(12)13/h2-5H,6H2,1H3,(H,12,13). The Morgan fingerprint density at radius 1 is 1.19 bits per heavy atom. The Bertz CT molecular complexity index is 513. The van der Waals surface area contributed by atoms with Crippen LogP contribution in [0.3, 0.4) is 0 Å². The second-order valence-corrected chi connectivity index (χ2v) is 5.31. The van der Waals surface area contributed by atoms with Gasteiger partial charge in [0.25, 0.3) is 0 Å². The molecule has 0 saturated carbocycles. The number of rotatable bonds is 4. The van der Waals surface area contributed by atoms with Crippen molar-refractivity contribution in [3.05, 3.63) is 29.8 Å². The van der Waals surface area contributed by atoms with Crippen molar-refractivity contribution in [3.8, 4) is 0 Å². The molecule has 6 heteroatoms. The molecular formula is C10H10O5S. The Morgan fingerprint density at radius 3 is 2.06 bits per heavy atom. The Balaban J connectivity index is 2.96. The number of carbonyl (C=O) groups excluding carboxylic acids is 1. The highest BCUT2D eigenvalue weighted by molar-refractivity contribution is 7.90. The van der Waals surface area contributed by atoms with Gasteiger partial charge in [-0.15, -0.1) is 0 Å². The van der Waals surface area contributed by atoms with E-state index in [4.69, 9.17) is 5.11 Å². The minimum Gasteiger partial charge on any atom is -0.481 e. The third-order valence-corrected chi connectivity index (χ3v) is 3.04. The smallest absolute Gasteiger partial charge is 0.311 e. The van der Waals surface area contributed by atoms with Gasteiger partial charge >= 0.3 is 5.97 Å². The van der Waals surface area contributed by atoms with Crippen molar-refractivity contribution in [2.24, 2.45) is 0 Å². The highest BCUT2D eigenvalue weighted by atomic mass is 32.2. The van der Waals surface area contributed by atoms with E-state index >= 15 is 0 Å². The quantitative estimate of drug-likeness (QED) is 0.621. The first-order chi connectivity index (χ1) is 7.30. The lowest BCUT2D eigenvalue weighted by Gasteiger charge is -2.00. The van der Waals surface area contributed by atoms with E-state index < -0.39 is 28.0 Å². The number of hydrogen-bond acceptors (Lipinski definition) is 4. The number of sulfone groups is 1. The summed E-state index contributed by atoms with van der Waals surface area (Å²) in [6.07, 6.45) is 0.458. The van der Waals surface area contributed by atoms with Crippen LogP contribution >= 0.6 is 0 Å². The van der Waals surface area contributed by atoms with Crippen molar-refractivity contribution < 1.29 is 23.1 Å². The van der Waals surface area contributed by atoms with E-state index in [0.717, 1.165) is 6.26 Å². The predicted molar refractivity (Wildman–Crippen MR) is 56.1 cm³/mol. The third kappa shape index (κ3) is 3.16. The summed E-state index contributed by atoms with van der Waals surface area (Å²) in [6.45, 7) is 0. The van der Waals surface area contributed by atoms with E-state index in [0.29, 0.717) is 0 Å². The van der Waals surface area contributed by atoms with Crippen LogP contribution in [0, 0.1) is 0 Å². The van der Waals surface area contributed by atoms with Crippen LogP contribution in [0.4, 0.5) is 0 Å². The second kappa shape index (κ2) is 4.44. The fourth-order valence-electron chi connectivity index (χ4n) is 1.13. The number of Topliss-reactive ketones (excluding diaryl/α,β-unsaturated/α-hetero) is 1. The molecule has 86 valence electrons. The molecule has 0 unspecified atom stereocenters. The van der Waals surface area contributed by atoms with E-state index in [-0.39, 0.29) is 10.5 Å². The van der Waals surface area contributed by atoms with Crippen LogP contribution in [-0.2, 0) is 14.6 Å². The van der Waals surface area contributed by atoms with E-state index in [9.17, 15) is 18.0 Å². The highest BCUT2D eigenvalue weighted by Gasteiger charge is 2.12. The topological polar surface area (TPSA) is 88.5 Å². The summed E-state index contributed by atoms with van der Waals surface area (Å²) in [5.74, 6) is -1.76. The maximum absolute atomic E-state index is 11.3. The molecular weight excluding hydrogens is 232 g/mol. The summed E-state index contributed by atoms with van der Waals surface area (Å²) in [5.41, 5.74) is 0.190. The molecule has 0 heterocycles. The monoisotopic (exact) mass is 242 g/mol. The molecule has 0 radical (unpaired) electrons. The summed E-state index contributed by atoms with van der Waals surface area (Å²) in [4.78, 5) is 21.7. The van der Waals surface area contributed by atoms with Gasteiger partial charge in [0.15, 0.2) is 15.6 Å². The number of benzene rings is 1. The van der Waals surface area contributed by atoms with Crippen molar-refractivity contribution in [3.63, 3.8) is 0 Å². The van der Waals surface area contributed by atoms with Gasteiger partial charge in [-0.05, 0) is 12.1 Å². The Hall–Kier alpha value is -1.69. The van der Waals surface area contributed by atoms with Crippen molar-refractivity contribution in [2.75, 3.05) is 6.26 Å². The maximum Gasteiger partial charge on any atom is 0.311 e. The number of carbonyl (C=O) groups is 2. The molecule has 5 nitrogen and oxygen atoms in total. The molecule has 1 aromatic rings. The van der Waals surface area contributed by atoms with Crippen LogP contribution in [0.2, 0.25) is 0 Å². The maximum atomic E-state index is 11.3. The summed E-state index contributed by atoms with van der Waals surface area (Å²) in [6, 6.07) is 5.18. The number of hydrogen-bond donors (Lipinski definition) is 1. The molecule has 16 heavy (non-hydrogen) atoms. The number of carboxylic acids is 1. The largest absolute Gasteiger partial charge is 0.481 e. The Morgan fingerprint density at radius 2 is 1.69 bits per heavy atom. The molecule has 0 amide bonds. The Kier molecular flexibility index (Phi) is 3.44. The molecule has 0 aliphatic carbocycles. The van der Waals surface area contributed by atoms with Gasteiger partial charge in [0, 0.05) is 11.8 Å². The van der Waals surface area contributed by atoms with E-state index in [1.807, 2.05) is 0 Å². The number of carboxylic acid groups (broad SMARTS) is 1. The lowest BCUT2D eigenvalue weighted by Crippen LogP contribution is -2.07. The molecule has 0 atom stereocenters. The van der Waals surface area contributed by atoms with Gasteiger partial charge in [-0.3, -0.25) is 9.59 Å². The minimum atomic E-state index is -3.30. The summed E-state index contributed by atoms with van der Waals surface area (Å²) in [7, 11) is -3.30. The summed E-state index contributed by atoms with van der Waals surface area (Å²) in [5, 5.41) is 8.41. The van der Waals surface area contributed by atoms with Gasteiger partial charge < -0.3 is 5.11 Å². The molecule has 1 aromatic carbocycles. The molecule has 0 bridgehead atoms. The van der Waals surface area contributed by atoms with Crippen molar-refractivity contribution in [2.45, 2.75) is 11.3 Å². The molecule has 0 aromatic heterocycles. The molecule has 0 saturated heterocycles. The van der Waals surface area contributed by atoms with Gasteiger partial charge in [0.2, 0.25) is 0 Å². The molecule has 1 rings (SSSR count). The molecule has 1 N–H and O–H groups in total. The van der Waals surface area contributed by atoms with Crippen LogP contribution in [0.1, 0.15) is 16.8 Å². The van der Waals surface area contributed by atoms with Crippen molar-refractivity contribution >= 4 is 21.6 Å². The van der Waals surface area contributed by atoms with Crippen LogP contribution < -0.4 is 0 Å². The van der Waals surface area contributed by atoms with Gasteiger partial charge in [0.05, 0.1) is 4.90 Å². The van der Waals surface area contributed by atoms with Gasteiger partial charge in [-0.1, -0.05) is 12.1 Å². The zero-order chi connectivity index (χ0) is 12.3. The molecule has 0 fully saturated rings. The van der Waals surface area contributed by atoms with Crippen molar-refractivity contribution in [1.82, 2.24) is 0 Å². The first kappa shape index (κ1) is 12.4. The summed E-state index contributed by atoms with van der Waals surface area (Å²) >= 11 is 0. The van der Waals surface area contributed by atoms with Gasteiger partial charge in [-0.2, -0.15) is 0 Å². The highest BCUT2D eigenvalue weighted by Crippen LogP contribution is 2.11. The molecule has 0 aliphatic rings. The average molecular weight is 242 g/mol. The van der Waals surface area contributed by atoms with Gasteiger partial charge in [-0.25, -0.2) is 8.42 Å². The lowest BCUT2D eigenvalue weighted by atomic mass is 10.1. The minimum absolute atomic E-state index is 0.0966. The van der Waals surface area contributed by atoms with E-state index in [1.165, 1.54) is 24.3 Å². The third-order valence-electron chi connectivity index (χ3n) is 1.92. The zero-order valence-corrected chi connectivity index (χ0v) is 9.32. The average Bonchev–Trinajstić information content (AvgIpc) is 2.15. The SMILES string of the molecule is CS(=O)(=O)c1ccc(C(=O)CC(=O)O)cc1. The normalized spacial score (nSPS) is 11.1. The summed E-state index contributed by atoms with van der Waals surface area (Å²) < 4.78 is 22.2. The number of ketones is 1. The first-order valence-electron chi connectivity index (χ1n) is 4.36. The van der Waals surface area contributed by atoms with Crippen LogP contribution in [0.25, 0.3) is 0 Å². The fraction of sp³-hybridized carbons (Fsp3) is 0.200. The number of aliphatic carboxylic acids is 1.